The van der Waals surface area contributed by atoms with Gasteiger partial charge in [-0.1, -0.05) is 458 Å². The Balaban J connectivity index is 5.22. The van der Waals surface area contributed by atoms with Gasteiger partial charge in [-0.3, -0.25) is 37.3 Å². The van der Waals surface area contributed by atoms with Crippen molar-refractivity contribution in [2.24, 2.45) is 0 Å². The van der Waals surface area contributed by atoms with Crippen LogP contribution in [0.25, 0.3) is 0 Å². The molecule has 0 aromatic rings. The third-order valence-corrected chi connectivity index (χ3v) is 23.8. The predicted molar refractivity (Wildman–Crippen MR) is 460 cm³/mol. The number of unbranched alkanes of at least 4 members (excludes halogenated alkanes) is 67. The van der Waals surface area contributed by atoms with Crippen LogP contribution >= 0.6 is 15.6 Å². The summed E-state index contributed by atoms with van der Waals surface area (Å²) in [7, 11) is -9.93. The molecule has 0 saturated carbocycles. The molecule has 0 bridgehead atoms. The summed E-state index contributed by atoms with van der Waals surface area (Å²) < 4.78 is 69.1. The largest absolute Gasteiger partial charge is 0.472 e. The number of carbonyl (C=O) groups is 4. The van der Waals surface area contributed by atoms with E-state index in [0.717, 1.165) is 89.9 Å². The number of phosphoric acid groups is 2. The molecule has 0 aromatic heterocycles. The minimum absolute atomic E-state index is 0.109. The van der Waals surface area contributed by atoms with E-state index in [1.54, 1.807) is 0 Å². The van der Waals surface area contributed by atoms with Gasteiger partial charge < -0.3 is 33.8 Å². The van der Waals surface area contributed by atoms with Gasteiger partial charge in [-0.25, -0.2) is 9.13 Å². The van der Waals surface area contributed by atoms with E-state index >= 15 is 0 Å². The lowest BCUT2D eigenvalue weighted by Crippen LogP contribution is -2.30. The lowest BCUT2D eigenvalue weighted by atomic mass is 10.0. The van der Waals surface area contributed by atoms with Crippen LogP contribution in [0.2, 0.25) is 0 Å². The highest BCUT2D eigenvalue weighted by molar-refractivity contribution is 7.47. The summed E-state index contributed by atoms with van der Waals surface area (Å²) in [6, 6.07) is 0. The summed E-state index contributed by atoms with van der Waals surface area (Å²) in [5, 5.41) is 10.7. The zero-order chi connectivity index (χ0) is 81.0. The molecule has 0 fully saturated rings. The molecule has 0 aliphatic rings. The van der Waals surface area contributed by atoms with E-state index in [9.17, 15) is 43.2 Å². The number of carbonyl (C=O) groups excluding carboxylic acids is 4. The first-order valence-electron chi connectivity index (χ1n) is 47.8. The Bertz CT molecular complexity index is 2090. The van der Waals surface area contributed by atoms with Crippen molar-refractivity contribution >= 4 is 39.5 Å². The Labute approximate surface area is 683 Å². The predicted octanol–water partition coefficient (Wildman–Crippen LogP) is 28.9. The van der Waals surface area contributed by atoms with Crippen LogP contribution < -0.4 is 0 Å². The van der Waals surface area contributed by atoms with Crippen molar-refractivity contribution < 1.29 is 80.2 Å². The second-order valence-electron chi connectivity index (χ2n) is 33.1. The fourth-order valence-corrected chi connectivity index (χ4v) is 16.2. The first kappa shape index (κ1) is 109. The molecule has 19 heteroatoms. The van der Waals surface area contributed by atoms with Crippen molar-refractivity contribution in [3.05, 3.63) is 0 Å². The van der Waals surface area contributed by atoms with E-state index in [0.29, 0.717) is 25.7 Å². The summed E-state index contributed by atoms with van der Waals surface area (Å²) in [6.07, 6.45) is 83.5. The SMILES string of the molecule is CCCCCCCCCCCCCCCCCCCCCCCCC(=O)OC[C@H](COP(=O)(O)OC[C@@H](O)COP(=O)(O)OC[C@@H](COC(=O)CCCCCCCCCCCCCCC)OC(=O)CCCCCCCCCCCCCCCC)OC(=O)CCCCCCCCCCCCCCCCCCCCCCCC. The Hall–Kier alpha value is -1.94. The van der Waals surface area contributed by atoms with Crippen LogP contribution in [0.15, 0.2) is 0 Å². The van der Waals surface area contributed by atoms with Crippen LogP contribution in [0.4, 0.5) is 0 Å². The highest BCUT2D eigenvalue weighted by Crippen LogP contribution is 2.45. The molecule has 111 heavy (non-hydrogen) atoms. The third kappa shape index (κ3) is 85.8. The van der Waals surface area contributed by atoms with Gasteiger partial charge in [0.15, 0.2) is 12.2 Å². The lowest BCUT2D eigenvalue weighted by molar-refractivity contribution is -0.161. The maximum Gasteiger partial charge on any atom is 0.472 e. The minimum atomic E-state index is -4.97. The Morgan fingerprint density at radius 2 is 0.360 bits per heavy atom. The Morgan fingerprint density at radius 3 is 0.532 bits per heavy atom. The molecule has 0 heterocycles. The number of hydrogen-bond donors (Lipinski definition) is 3. The van der Waals surface area contributed by atoms with Gasteiger partial charge in [-0.15, -0.1) is 0 Å². The van der Waals surface area contributed by atoms with Crippen LogP contribution in [-0.2, 0) is 65.4 Å². The van der Waals surface area contributed by atoms with E-state index in [4.69, 9.17) is 37.0 Å². The van der Waals surface area contributed by atoms with E-state index in [-0.39, 0.29) is 25.7 Å². The molecule has 0 rings (SSSR count). The third-order valence-electron chi connectivity index (χ3n) is 21.9. The van der Waals surface area contributed by atoms with E-state index in [1.807, 2.05) is 0 Å². The van der Waals surface area contributed by atoms with Gasteiger partial charge >= 0.3 is 39.5 Å². The minimum Gasteiger partial charge on any atom is -0.462 e. The molecule has 0 amide bonds. The van der Waals surface area contributed by atoms with Gasteiger partial charge in [0, 0.05) is 25.7 Å². The van der Waals surface area contributed by atoms with E-state index in [2.05, 4.69) is 27.7 Å². The lowest BCUT2D eigenvalue weighted by Gasteiger charge is -2.21. The van der Waals surface area contributed by atoms with Gasteiger partial charge in [0.25, 0.3) is 0 Å². The van der Waals surface area contributed by atoms with Crippen molar-refractivity contribution in [3.63, 3.8) is 0 Å². The van der Waals surface area contributed by atoms with Crippen molar-refractivity contribution in [2.75, 3.05) is 39.6 Å². The summed E-state index contributed by atoms with van der Waals surface area (Å²) in [6.45, 7) is 5.09. The molecule has 0 saturated heterocycles. The maximum atomic E-state index is 13.2. The van der Waals surface area contributed by atoms with Crippen molar-refractivity contribution in [3.8, 4) is 0 Å². The average molecular weight is 1620 g/mol. The summed E-state index contributed by atoms with van der Waals surface area (Å²) in [4.78, 5) is 73.4. The number of phosphoric ester groups is 2. The molecule has 17 nitrogen and oxygen atoms in total. The highest BCUT2D eigenvalue weighted by atomic mass is 31.2. The normalized spacial score (nSPS) is 13.6. The second kappa shape index (κ2) is 85.9. The zero-order valence-corrected chi connectivity index (χ0v) is 74.7. The van der Waals surface area contributed by atoms with Crippen molar-refractivity contribution in [2.45, 2.75) is 528 Å². The van der Waals surface area contributed by atoms with Crippen molar-refractivity contribution in [1.82, 2.24) is 0 Å². The molecule has 0 spiro atoms. The zero-order valence-electron chi connectivity index (χ0n) is 73.0. The second-order valence-corrected chi connectivity index (χ2v) is 36.0. The van der Waals surface area contributed by atoms with Crippen LogP contribution in [0.3, 0.4) is 0 Å². The van der Waals surface area contributed by atoms with Gasteiger partial charge in [0.2, 0.25) is 0 Å². The molecule has 0 aliphatic carbocycles. The van der Waals surface area contributed by atoms with E-state index < -0.39 is 97.5 Å². The topological polar surface area (TPSA) is 237 Å². The first-order valence-corrected chi connectivity index (χ1v) is 50.8. The molecular formula is C92H180O17P2. The first-order chi connectivity index (χ1) is 54.2. The summed E-state index contributed by atoms with van der Waals surface area (Å²) in [5.41, 5.74) is 0. The quantitative estimate of drug-likeness (QED) is 0.0222. The highest BCUT2D eigenvalue weighted by Gasteiger charge is 2.31. The van der Waals surface area contributed by atoms with Gasteiger partial charge in [-0.05, 0) is 25.7 Å². The number of ether oxygens (including phenoxy) is 4. The molecule has 5 atom stereocenters. The maximum absolute atomic E-state index is 13.2. The number of aliphatic hydroxyl groups is 1. The van der Waals surface area contributed by atoms with Crippen LogP contribution in [0, 0.1) is 0 Å². The van der Waals surface area contributed by atoms with Gasteiger partial charge in [0.1, 0.15) is 19.3 Å². The molecule has 2 unspecified atom stereocenters. The molecule has 660 valence electrons. The fraction of sp³-hybridized carbons (Fsp3) is 0.957. The number of rotatable bonds is 93. The molecule has 0 aliphatic heterocycles. The summed E-state index contributed by atoms with van der Waals surface area (Å²) >= 11 is 0. The Morgan fingerprint density at radius 1 is 0.216 bits per heavy atom. The molecular weight excluding hydrogens is 1440 g/mol. The number of esters is 4. The Kier molecular flexibility index (Phi) is 84.4. The van der Waals surface area contributed by atoms with Crippen molar-refractivity contribution in [1.29, 1.82) is 0 Å². The monoisotopic (exact) mass is 1620 g/mol. The van der Waals surface area contributed by atoms with Gasteiger partial charge in [0.05, 0.1) is 26.4 Å². The summed E-state index contributed by atoms with van der Waals surface area (Å²) in [5.74, 6) is -2.09. The van der Waals surface area contributed by atoms with Crippen LogP contribution in [0.1, 0.15) is 509 Å². The van der Waals surface area contributed by atoms with Crippen LogP contribution in [0.5, 0.6) is 0 Å². The smallest absolute Gasteiger partial charge is 0.462 e. The standard InChI is InChI=1S/C92H180O17P2/c1-5-9-13-17-21-25-29-33-36-38-40-42-44-46-48-50-54-57-61-65-69-73-77-90(95)103-83-88(109-92(97)79-75-71-67-63-59-55-51-49-47-45-43-41-39-37-34-30-26-22-18-14-10-6-2)85-107-111(100,101)105-81-86(93)80-104-110(98,99)106-84-87(82-102-89(94)76-72-68-64-60-56-52-32-28-24-20-16-12-8-4)108-91(96)78-74-70-66-62-58-53-35-31-27-23-19-15-11-7-3/h86-88,93H,5-85H2,1-4H3,(H,98,99)(H,100,101)/t86-,87+,88+/m0/s1. The molecule has 0 aromatic carbocycles. The number of hydrogen-bond acceptors (Lipinski definition) is 15. The number of aliphatic hydroxyl groups excluding tert-OH is 1. The average Bonchev–Trinajstić information content (AvgIpc) is 0.910. The molecule has 0 radical (unpaired) electrons. The van der Waals surface area contributed by atoms with Crippen LogP contribution in [-0.4, -0.2) is 96.7 Å². The molecule has 3 N–H and O–H groups in total. The van der Waals surface area contributed by atoms with E-state index in [1.165, 1.54) is 340 Å². The van der Waals surface area contributed by atoms with Gasteiger partial charge in [-0.2, -0.15) is 0 Å². The fourth-order valence-electron chi connectivity index (χ4n) is 14.6.